The summed E-state index contributed by atoms with van der Waals surface area (Å²) in [5, 5.41) is 15.1. The zero-order valence-corrected chi connectivity index (χ0v) is 11.0. The molecule has 21 heavy (non-hydrogen) atoms. The lowest BCUT2D eigenvalue weighted by molar-refractivity contribution is -0.384. The van der Waals surface area contributed by atoms with Gasteiger partial charge in [0.2, 0.25) is 0 Å². The van der Waals surface area contributed by atoms with Crippen LogP contribution in [0.5, 0.6) is 0 Å². The molecule has 1 aromatic heterocycles. The predicted molar refractivity (Wildman–Crippen MR) is 80.1 cm³/mol. The first-order chi connectivity index (χ1) is 10.1. The highest BCUT2D eigenvalue weighted by Crippen LogP contribution is 2.23. The number of benzene rings is 2. The molecule has 0 unspecified atom stereocenters. The summed E-state index contributed by atoms with van der Waals surface area (Å²) in [4.78, 5) is 10.2. The molecular weight excluding hydrogens is 268 g/mol. The van der Waals surface area contributed by atoms with E-state index in [1.165, 1.54) is 12.1 Å². The van der Waals surface area contributed by atoms with Crippen molar-refractivity contribution in [2.24, 2.45) is 0 Å². The maximum atomic E-state index is 10.7. The molecule has 0 saturated heterocycles. The van der Waals surface area contributed by atoms with Crippen LogP contribution in [0.15, 0.2) is 60.7 Å². The molecule has 3 aromatic rings. The van der Waals surface area contributed by atoms with E-state index in [1.54, 1.807) is 22.9 Å². The zero-order valence-electron chi connectivity index (χ0n) is 11.0. The smallest absolute Gasteiger partial charge is 0.269 e. The molecule has 2 aromatic carbocycles. The third-order valence-electron chi connectivity index (χ3n) is 3.11. The van der Waals surface area contributed by atoms with E-state index in [2.05, 4.69) is 5.10 Å². The third kappa shape index (κ3) is 2.46. The summed E-state index contributed by atoms with van der Waals surface area (Å²) < 4.78 is 1.56. The number of nitrogens with zero attached hydrogens (tertiary/aromatic N) is 3. The van der Waals surface area contributed by atoms with E-state index in [4.69, 9.17) is 5.73 Å². The van der Waals surface area contributed by atoms with E-state index < -0.39 is 4.92 Å². The van der Waals surface area contributed by atoms with Gasteiger partial charge in [0.15, 0.2) is 0 Å². The van der Waals surface area contributed by atoms with Gasteiger partial charge in [-0.25, -0.2) is 4.68 Å². The van der Waals surface area contributed by atoms with Crippen molar-refractivity contribution >= 4 is 11.5 Å². The van der Waals surface area contributed by atoms with Crippen LogP contribution in [-0.4, -0.2) is 14.7 Å². The molecule has 1 heterocycles. The summed E-state index contributed by atoms with van der Waals surface area (Å²) in [7, 11) is 0. The molecule has 0 amide bonds. The number of nitro benzene ring substituents is 1. The summed E-state index contributed by atoms with van der Waals surface area (Å²) in [6.45, 7) is 0. The molecule has 3 rings (SSSR count). The normalized spacial score (nSPS) is 10.5. The van der Waals surface area contributed by atoms with E-state index in [0.717, 1.165) is 11.3 Å². The maximum absolute atomic E-state index is 10.7. The van der Waals surface area contributed by atoms with Crippen LogP contribution in [0.3, 0.4) is 0 Å². The van der Waals surface area contributed by atoms with Gasteiger partial charge in [-0.3, -0.25) is 10.1 Å². The zero-order chi connectivity index (χ0) is 14.8. The highest BCUT2D eigenvalue weighted by Gasteiger charge is 2.10. The lowest BCUT2D eigenvalue weighted by atomic mass is 10.2. The van der Waals surface area contributed by atoms with Crippen LogP contribution in [-0.2, 0) is 0 Å². The van der Waals surface area contributed by atoms with Gasteiger partial charge in [0.05, 0.1) is 16.3 Å². The Labute approximate surface area is 120 Å². The average molecular weight is 280 g/mol. The van der Waals surface area contributed by atoms with Gasteiger partial charge in [0, 0.05) is 23.8 Å². The highest BCUT2D eigenvalue weighted by molar-refractivity contribution is 5.63. The van der Waals surface area contributed by atoms with Gasteiger partial charge in [-0.1, -0.05) is 30.3 Å². The average Bonchev–Trinajstić information content (AvgIpc) is 2.90. The van der Waals surface area contributed by atoms with Crippen molar-refractivity contribution in [3.05, 3.63) is 70.8 Å². The first-order valence-corrected chi connectivity index (χ1v) is 6.31. The largest absolute Gasteiger partial charge is 0.384 e. The summed E-state index contributed by atoms with van der Waals surface area (Å²) in [6.07, 6.45) is 0. The molecule has 0 aliphatic carbocycles. The van der Waals surface area contributed by atoms with Gasteiger partial charge in [-0.2, -0.15) is 5.10 Å². The van der Waals surface area contributed by atoms with Gasteiger partial charge in [-0.15, -0.1) is 0 Å². The number of nitro groups is 1. The van der Waals surface area contributed by atoms with Gasteiger partial charge in [0.25, 0.3) is 5.69 Å². The first-order valence-electron chi connectivity index (χ1n) is 6.31. The van der Waals surface area contributed by atoms with Crippen LogP contribution >= 0.6 is 0 Å². The molecule has 0 fully saturated rings. The molecular formula is C15H12N4O2. The fourth-order valence-corrected chi connectivity index (χ4v) is 2.07. The minimum absolute atomic E-state index is 0.0350. The molecule has 0 aliphatic rings. The Balaban J connectivity index is 2.00. The van der Waals surface area contributed by atoms with Crippen molar-refractivity contribution in [1.29, 1.82) is 0 Å². The molecule has 0 atom stereocenters. The van der Waals surface area contributed by atoms with Crippen LogP contribution in [0.1, 0.15) is 0 Å². The fraction of sp³-hybridized carbons (Fsp3) is 0. The van der Waals surface area contributed by atoms with Gasteiger partial charge in [-0.05, 0) is 12.1 Å². The number of nitrogens with two attached hydrogens (primary N) is 1. The number of hydrogen-bond acceptors (Lipinski definition) is 4. The molecule has 104 valence electrons. The van der Waals surface area contributed by atoms with Crippen molar-refractivity contribution in [2.75, 3.05) is 5.73 Å². The molecule has 2 N–H and O–H groups in total. The quantitative estimate of drug-likeness (QED) is 0.590. The number of non-ortho nitro benzene ring substituents is 1. The minimum atomic E-state index is -0.439. The second kappa shape index (κ2) is 5.09. The van der Waals surface area contributed by atoms with Crippen LogP contribution in [0, 0.1) is 10.1 Å². The van der Waals surface area contributed by atoms with Crippen molar-refractivity contribution in [3.8, 4) is 16.9 Å². The molecule has 0 spiro atoms. The SMILES string of the molecule is Nc1cc(-c2ccccc2)nn1-c1ccc([N+](=O)[O-])cc1. The van der Waals surface area contributed by atoms with Crippen LogP contribution in [0.4, 0.5) is 11.5 Å². The standard InChI is InChI=1S/C15H12N4O2/c16-15-10-14(11-4-2-1-3-5-11)17-18(15)12-6-8-13(9-7-12)19(20)21/h1-10H,16H2. The summed E-state index contributed by atoms with van der Waals surface area (Å²) in [6, 6.07) is 17.6. The lowest BCUT2D eigenvalue weighted by Crippen LogP contribution is -2.01. The monoisotopic (exact) mass is 280 g/mol. The number of rotatable bonds is 3. The minimum Gasteiger partial charge on any atom is -0.384 e. The van der Waals surface area contributed by atoms with E-state index in [9.17, 15) is 10.1 Å². The van der Waals surface area contributed by atoms with Gasteiger partial charge < -0.3 is 5.73 Å². The molecule has 0 radical (unpaired) electrons. The third-order valence-corrected chi connectivity index (χ3v) is 3.11. The molecule has 6 heteroatoms. The Morgan fingerprint density at radius 2 is 1.71 bits per heavy atom. The summed E-state index contributed by atoms with van der Waals surface area (Å²) in [5.41, 5.74) is 8.41. The Morgan fingerprint density at radius 3 is 2.33 bits per heavy atom. The van der Waals surface area contributed by atoms with E-state index in [1.807, 2.05) is 30.3 Å². The predicted octanol–water partition coefficient (Wildman–Crippen LogP) is 3.03. The number of anilines is 1. The second-order valence-electron chi connectivity index (χ2n) is 4.51. The molecule has 0 bridgehead atoms. The van der Waals surface area contributed by atoms with Crippen molar-refractivity contribution in [2.45, 2.75) is 0 Å². The Morgan fingerprint density at radius 1 is 1.05 bits per heavy atom. The molecule has 0 saturated carbocycles. The topological polar surface area (TPSA) is 87.0 Å². The van der Waals surface area contributed by atoms with Crippen molar-refractivity contribution in [1.82, 2.24) is 9.78 Å². The van der Waals surface area contributed by atoms with E-state index >= 15 is 0 Å². The highest BCUT2D eigenvalue weighted by atomic mass is 16.6. The van der Waals surface area contributed by atoms with E-state index in [0.29, 0.717) is 11.5 Å². The lowest BCUT2D eigenvalue weighted by Gasteiger charge is -2.03. The Hall–Kier alpha value is -3.15. The number of nitrogen functional groups attached to an aromatic ring is 1. The Kier molecular flexibility index (Phi) is 3.12. The molecule has 6 nitrogen and oxygen atoms in total. The Bertz CT molecular complexity index is 779. The van der Waals surface area contributed by atoms with Gasteiger partial charge in [0.1, 0.15) is 5.82 Å². The summed E-state index contributed by atoms with van der Waals surface area (Å²) in [5.74, 6) is 0.475. The maximum Gasteiger partial charge on any atom is 0.269 e. The molecule has 0 aliphatic heterocycles. The number of hydrogen-bond donors (Lipinski definition) is 1. The second-order valence-corrected chi connectivity index (χ2v) is 4.51. The fourth-order valence-electron chi connectivity index (χ4n) is 2.07. The van der Waals surface area contributed by atoms with Crippen molar-refractivity contribution in [3.63, 3.8) is 0 Å². The summed E-state index contributed by atoms with van der Waals surface area (Å²) >= 11 is 0. The van der Waals surface area contributed by atoms with Crippen LogP contribution in [0.2, 0.25) is 0 Å². The van der Waals surface area contributed by atoms with E-state index in [-0.39, 0.29) is 5.69 Å². The van der Waals surface area contributed by atoms with Crippen LogP contribution in [0.25, 0.3) is 16.9 Å². The first kappa shape index (κ1) is 12.9. The number of aromatic nitrogens is 2. The van der Waals surface area contributed by atoms with Crippen LogP contribution < -0.4 is 5.73 Å². The van der Waals surface area contributed by atoms with Gasteiger partial charge >= 0.3 is 0 Å². The van der Waals surface area contributed by atoms with Crippen molar-refractivity contribution < 1.29 is 4.92 Å².